The minimum absolute atomic E-state index is 1.05. The minimum atomic E-state index is 1.05. The van der Waals surface area contributed by atoms with Gasteiger partial charge < -0.3 is 5.32 Å². The summed E-state index contributed by atoms with van der Waals surface area (Å²) in [5, 5.41) is 10.4. The van der Waals surface area contributed by atoms with Gasteiger partial charge in [-0.15, -0.1) is 0 Å². The second-order valence-electron chi connectivity index (χ2n) is 3.34. The lowest BCUT2D eigenvalue weighted by molar-refractivity contribution is 0.703. The lowest BCUT2D eigenvalue weighted by atomic mass is 10.1. The Hall–Kier alpha value is -0.990. The van der Waals surface area contributed by atoms with Gasteiger partial charge in [-0.3, -0.25) is 5.10 Å². The predicted octanol–water partition coefficient (Wildman–Crippen LogP) is 1.72. The number of anilines is 1. The molecule has 3 heteroatoms. The van der Waals surface area contributed by atoms with E-state index in [9.17, 15) is 0 Å². The topological polar surface area (TPSA) is 40.7 Å². The van der Waals surface area contributed by atoms with E-state index in [0.29, 0.717) is 0 Å². The summed E-state index contributed by atoms with van der Waals surface area (Å²) in [5.74, 6) is 1.05. The summed E-state index contributed by atoms with van der Waals surface area (Å²) in [7, 11) is 1.93. The fourth-order valence-electron chi connectivity index (χ4n) is 1.86. The molecule has 2 N–H and O–H groups in total. The van der Waals surface area contributed by atoms with Crippen molar-refractivity contribution in [2.45, 2.75) is 32.1 Å². The smallest absolute Gasteiger partial charge is 0.151 e. The van der Waals surface area contributed by atoms with E-state index in [1.54, 1.807) is 0 Å². The van der Waals surface area contributed by atoms with Gasteiger partial charge in [0.2, 0.25) is 0 Å². The molecule has 3 nitrogen and oxygen atoms in total. The third kappa shape index (κ3) is 1.19. The molecule has 1 aromatic heterocycles. The Morgan fingerprint density at radius 2 is 2.08 bits per heavy atom. The molecule has 0 spiro atoms. The van der Waals surface area contributed by atoms with Crippen LogP contribution in [0.15, 0.2) is 0 Å². The molecule has 0 aromatic carbocycles. The number of aromatic nitrogens is 2. The van der Waals surface area contributed by atoms with E-state index in [-0.39, 0.29) is 0 Å². The molecule has 12 heavy (non-hydrogen) atoms. The number of hydrogen-bond donors (Lipinski definition) is 2. The molecule has 0 amide bonds. The summed E-state index contributed by atoms with van der Waals surface area (Å²) in [6.07, 6.45) is 6.32. The van der Waals surface area contributed by atoms with Crippen LogP contribution in [0.5, 0.6) is 0 Å². The maximum Gasteiger partial charge on any atom is 0.151 e. The fourth-order valence-corrected chi connectivity index (χ4v) is 1.86. The van der Waals surface area contributed by atoms with E-state index >= 15 is 0 Å². The lowest BCUT2D eigenvalue weighted by Crippen LogP contribution is -1.93. The van der Waals surface area contributed by atoms with Gasteiger partial charge in [0, 0.05) is 18.3 Å². The standard InChI is InChI=1S/C9H15N3/c1-10-9-7-5-3-2-4-6-8(7)11-12-9/h2-6H2,1H3,(H2,10,11,12). The zero-order valence-corrected chi connectivity index (χ0v) is 7.48. The zero-order valence-electron chi connectivity index (χ0n) is 7.48. The van der Waals surface area contributed by atoms with Crippen LogP contribution in [0.4, 0.5) is 5.82 Å². The molecule has 0 unspecified atom stereocenters. The van der Waals surface area contributed by atoms with Gasteiger partial charge in [-0.25, -0.2) is 0 Å². The van der Waals surface area contributed by atoms with Gasteiger partial charge in [-0.2, -0.15) is 5.10 Å². The molecule has 0 bridgehead atoms. The molecular formula is C9H15N3. The van der Waals surface area contributed by atoms with E-state index in [1.165, 1.54) is 43.4 Å². The van der Waals surface area contributed by atoms with Crippen molar-refractivity contribution in [1.82, 2.24) is 10.2 Å². The van der Waals surface area contributed by atoms with Crippen LogP contribution in [-0.2, 0) is 12.8 Å². The number of H-pyrrole nitrogens is 1. The summed E-state index contributed by atoms with van der Waals surface area (Å²) in [5.41, 5.74) is 2.76. The second-order valence-corrected chi connectivity index (χ2v) is 3.34. The van der Waals surface area contributed by atoms with E-state index in [0.717, 1.165) is 5.82 Å². The number of aryl methyl sites for hydroxylation is 1. The average molecular weight is 165 g/mol. The molecule has 66 valence electrons. The minimum Gasteiger partial charge on any atom is -0.371 e. The van der Waals surface area contributed by atoms with Gasteiger partial charge in [0.15, 0.2) is 5.82 Å². The molecule has 1 aromatic rings. The van der Waals surface area contributed by atoms with Crippen molar-refractivity contribution in [1.29, 1.82) is 0 Å². The molecule has 1 heterocycles. The van der Waals surface area contributed by atoms with Crippen molar-refractivity contribution in [3.63, 3.8) is 0 Å². The number of fused-ring (bicyclic) bond motifs is 1. The summed E-state index contributed by atoms with van der Waals surface area (Å²) < 4.78 is 0. The highest BCUT2D eigenvalue weighted by Gasteiger charge is 2.13. The second kappa shape index (κ2) is 3.17. The Morgan fingerprint density at radius 1 is 1.25 bits per heavy atom. The Morgan fingerprint density at radius 3 is 2.92 bits per heavy atom. The zero-order chi connectivity index (χ0) is 8.39. The summed E-state index contributed by atoms with van der Waals surface area (Å²) in [6, 6.07) is 0. The highest BCUT2D eigenvalue weighted by atomic mass is 15.2. The predicted molar refractivity (Wildman–Crippen MR) is 49.4 cm³/mol. The first kappa shape index (κ1) is 7.65. The first-order valence-electron chi connectivity index (χ1n) is 4.65. The van der Waals surface area contributed by atoms with Crippen molar-refractivity contribution in [2.75, 3.05) is 12.4 Å². The van der Waals surface area contributed by atoms with Crippen LogP contribution >= 0.6 is 0 Å². The van der Waals surface area contributed by atoms with Gasteiger partial charge in [0.1, 0.15) is 0 Å². The largest absolute Gasteiger partial charge is 0.371 e. The highest BCUT2D eigenvalue weighted by Crippen LogP contribution is 2.23. The Balaban J connectivity index is 2.32. The molecule has 2 rings (SSSR count). The van der Waals surface area contributed by atoms with Crippen LogP contribution in [0.3, 0.4) is 0 Å². The lowest BCUT2D eigenvalue weighted by Gasteiger charge is -1.99. The fraction of sp³-hybridized carbons (Fsp3) is 0.667. The van der Waals surface area contributed by atoms with Crippen LogP contribution < -0.4 is 5.32 Å². The molecular weight excluding hydrogens is 150 g/mol. The molecule has 0 aliphatic heterocycles. The van der Waals surface area contributed by atoms with Crippen LogP contribution in [0.25, 0.3) is 0 Å². The monoisotopic (exact) mass is 165 g/mol. The van der Waals surface area contributed by atoms with E-state index in [2.05, 4.69) is 15.5 Å². The summed E-state index contributed by atoms with van der Waals surface area (Å²) in [4.78, 5) is 0. The number of aromatic amines is 1. The normalized spacial score (nSPS) is 16.8. The van der Waals surface area contributed by atoms with E-state index in [1.807, 2.05) is 7.05 Å². The number of nitrogens with zero attached hydrogens (tertiary/aromatic N) is 1. The Bertz CT molecular complexity index is 265. The third-order valence-corrected chi connectivity index (χ3v) is 2.54. The number of nitrogens with one attached hydrogen (secondary N) is 2. The highest BCUT2D eigenvalue weighted by molar-refractivity contribution is 5.46. The van der Waals surface area contributed by atoms with Gasteiger partial charge in [0.05, 0.1) is 0 Å². The quantitative estimate of drug-likeness (QED) is 0.622. The first-order chi connectivity index (χ1) is 5.92. The van der Waals surface area contributed by atoms with Crippen LogP contribution in [0.2, 0.25) is 0 Å². The van der Waals surface area contributed by atoms with Crippen molar-refractivity contribution in [3.8, 4) is 0 Å². The number of hydrogen-bond acceptors (Lipinski definition) is 2. The van der Waals surface area contributed by atoms with Crippen molar-refractivity contribution < 1.29 is 0 Å². The number of rotatable bonds is 1. The van der Waals surface area contributed by atoms with Crippen molar-refractivity contribution in [3.05, 3.63) is 11.3 Å². The first-order valence-corrected chi connectivity index (χ1v) is 4.65. The Kier molecular flexibility index (Phi) is 2.02. The average Bonchev–Trinajstić information content (AvgIpc) is 2.33. The molecule has 0 saturated carbocycles. The van der Waals surface area contributed by atoms with Crippen LogP contribution in [0, 0.1) is 0 Å². The molecule has 1 aliphatic rings. The van der Waals surface area contributed by atoms with Gasteiger partial charge >= 0.3 is 0 Å². The maximum atomic E-state index is 4.22. The van der Waals surface area contributed by atoms with Gasteiger partial charge in [-0.1, -0.05) is 6.42 Å². The van der Waals surface area contributed by atoms with Crippen molar-refractivity contribution >= 4 is 5.82 Å². The summed E-state index contributed by atoms with van der Waals surface area (Å²) >= 11 is 0. The van der Waals surface area contributed by atoms with Crippen molar-refractivity contribution in [2.24, 2.45) is 0 Å². The molecule has 0 radical (unpaired) electrons. The molecule has 1 aliphatic carbocycles. The van der Waals surface area contributed by atoms with Gasteiger partial charge in [-0.05, 0) is 25.7 Å². The van der Waals surface area contributed by atoms with Gasteiger partial charge in [0.25, 0.3) is 0 Å². The molecule has 0 saturated heterocycles. The molecule has 0 fully saturated rings. The SMILES string of the molecule is CNc1n[nH]c2c1CCCCC2. The third-order valence-electron chi connectivity index (χ3n) is 2.54. The van der Waals surface area contributed by atoms with E-state index < -0.39 is 0 Å². The summed E-state index contributed by atoms with van der Waals surface area (Å²) in [6.45, 7) is 0. The van der Waals surface area contributed by atoms with E-state index in [4.69, 9.17) is 0 Å². The van der Waals surface area contributed by atoms with Crippen LogP contribution in [-0.4, -0.2) is 17.2 Å². The van der Waals surface area contributed by atoms with Crippen LogP contribution in [0.1, 0.15) is 30.5 Å². The molecule has 0 atom stereocenters. The maximum absolute atomic E-state index is 4.22. The Labute approximate surface area is 72.6 Å².